The second-order valence-electron chi connectivity index (χ2n) is 7.09. The van der Waals surface area contributed by atoms with Gasteiger partial charge in [-0.15, -0.1) is 0 Å². The maximum absolute atomic E-state index is 12.7. The summed E-state index contributed by atoms with van der Waals surface area (Å²) in [6, 6.07) is 8.80. The Morgan fingerprint density at radius 1 is 1.48 bits per heavy atom. The van der Waals surface area contributed by atoms with Crippen LogP contribution in [0.5, 0.6) is 0 Å². The van der Waals surface area contributed by atoms with Crippen LogP contribution in [-0.2, 0) is 23.2 Å². The highest BCUT2D eigenvalue weighted by atomic mass is 16.2. The minimum Gasteiger partial charge on any atom is -0.352 e. The molecule has 2 aliphatic rings. The zero-order chi connectivity index (χ0) is 15.9. The highest BCUT2D eigenvalue weighted by Crippen LogP contribution is 2.60. The number of carbonyl (C=O) groups excluding carboxylic acids is 1. The Morgan fingerprint density at radius 2 is 2.35 bits per heavy atom. The Morgan fingerprint density at radius 3 is 3.17 bits per heavy atom. The van der Waals surface area contributed by atoms with Crippen LogP contribution in [0.25, 0.3) is 0 Å². The van der Waals surface area contributed by atoms with Crippen molar-refractivity contribution < 1.29 is 4.79 Å². The van der Waals surface area contributed by atoms with Gasteiger partial charge < -0.3 is 9.88 Å². The predicted molar refractivity (Wildman–Crippen MR) is 89.0 cm³/mol. The molecular formula is C19H23N3O. The van der Waals surface area contributed by atoms with Crippen LogP contribution >= 0.6 is 0 Å². The van der Waals surface area contributed by atoms with Crippen molar-refractivity contribution in [3.8, 4) is 0 Å². The molecule has 23 heavy (non-hydrogen) atoms. The Hall–Kier alpha value is -2.10. The molecule has 1 saturated carbocycles. The van der Waals surface area contributed by atoms with E-state index in [-0.39, 0.29) is 23.3 Å². The van der Waals surface area contributed by atoms with E-state index in [2.05, 4.69) is 41.5 Å². The SMILES string of the molecule is C[C@H](Cn1ccnc1)NC(=O)[C@H]1C[C@@]12CCCc1ccccc12. The van der Waals surface area contributed by atoms with E-state index in [0.717, 1.165) is 25.8 Å². The first-order valence-corrected chi connectivity index (χ1v) is 8.53. The second kappa shape index (κ2) is 5.52. The maximum atomic E-state index is 12.7. The van der Waals surface area contributed by atoms with Crippen LogP contribution in [0.4, 0.5) is 0 Å². The molecule has 1 fully saturated rings. The number of hydrogen-bond acceptors (Lipinski definition) is 2. The fourth-order valence-corrected chi connectivity index (χ4v) is 4.28. The summed E-state index contributed by atoms with van der Waals surface area (Å²) in [5, 5.41) is 3.19. The molecule has 0 radical (unpaired) electrons. The smallest absolute Gasteiger partial charge is 0.224 e. The number of imidazole rings is 1. The molecule has 1 heterocycles. The molecule has 2 aromatic rings. The molecular weight excluding hydrogens is 286 g/mol. The second-order valence-corrected chi connectivity index (χ2v) is 7.09. The lowest BCUT2D eigenvalue weighted by molar-refractivity contribution is -0.123. The molecule has 3 atom stereocenters. The third-order valence-electron chi connectivity index (χ3n) is 5.45. The van der Waals surface area contributed by atoms with Gasteiger partial charge in [-0.2, -0.15) is 0 Å². The van der Waals surface area contributed by atoms with Gasteiger partial charge in [0.15, 0.2) is 0 Å². The summed E-state index contributed by atoms with van der Waals surface area (Å²) in [7, 11) is 0. The number of nitrogens with one attached hydrogen (secondary N) is 1. The van der Waals surface area contributed by atoms with Gasteiger partial charge in [0, 0.05) is 36.3 Å². The minimum absolute atomic E-state index is 0.119. The highest BCUT2D eigenvalue weighted by molar-refractivity contribution is 5.85. The molecule has 1 N–H and O–H groups in total. The van der Waals surface area contributed by atoms with Crippen LogP contribution in [0.15, 0.2) is 43.0 Å². The summed E-state index contributed by atoms with van der Waals surface area (Å²) in [4.78, 5) is 16.7. The monoisotopic (exact) mass is 309 g/mol. The van der Waals surface area contributed by atoms with E-state index >= 15 is 0 Å². The molecule has 0 unspecified atom stereocenters. The average Bonchev–Trinajstić information content (AvgIpc) is 3.02. The van der Waals surface area contributed by atoms with Crippen molar-refractivity contribution in [1.82, 2.24) is 14.9 Å². The molecule has 1 amide bonds. The number of carbonyl (C=O) groups is 1. The van der Waals surface area contributed by atoms with Crippen molar-refractivity contribution in [2.75, 3.05) is 0 Å². The first kappa shape index (κ1) is 14.5. The van der Waals surface area contributed by atoms with Crippen molar-refractivity contribution in [1.29, 1.82) is 0 Å². The van der Waals surface area contributed by atoms with Crippen LogP contribution in [0.1, 0.15) is 37.3 Å². The van der Waals surface area contributed by atoms with Crippen molar-refractivity contribution in [3.63, 3.8) is 0 Å². The third-order valence-corrected chi connectivity index (χ3v) is 5.45. The minimum atomic E-state index is 0.119. The average molecular weight is 309 g/mol. The van der Waals surface area contributed by atoms with E-state index in [9.17, 15) is 4.79 Å². The molecule has 1 aromatic carbocycles. The summed E-state index contributed by atoms with van der Waals surface area (Å²) in [5.41, 5.74) is 2.99. The molecule has 120 valence electrons. The normalized spacial score (nSPS) is 26.6. The topological polar surface area (TPSA) is 46.9 Å². The predicted octanol–water partition coefficient (Wildman–Crippen LogP) is 2.68. The Labute approximate surface area is 136 Å². The van der Waals surface area contributed by atoms with Gasteiger partial charge in [-0.3, -0.25) is 4.79 Å². The fraction of sp³-hybridized carbons (Fsp3) is 0.474. The number of nitrogens with zero attached hydrogens (tertiary/aromatic N) is 2. The molecule has 2 aliphatic carbocycles. The zero-order valence-corrected chi connectivity index (χ0v) is 13.5. The fourth-order valence-electron chi connectivity index (χ4n) is 4.28. The summed E-state index contributed by atoms with van der Waals surface area (Å²) in [6.45, 7) is 2.82. The molecule has 4 nitrogen and oxygen atoms in total. The van der Waals surface area contributed by atoms with Crippen molar-refractivity contribution in [2.45, 2.75) is 50.6 Å². The van der Waals surface area contributed by atoms with E-state index < -0.39 is 0 Å². The van der Waals surface area contributed by atoms with E-state index in [1.165, 1.54) is 17.5 Å². The molecule has 4 rings (SSSR count). The number of rotatable bonds is 4. The quantitative estimate of drug-likeness (QED) is 0.944. The zero-order valence-electron chi connectivity index (χ0n) is 13.5. The summed E-state index contributed by atoms with van der Waals surface area (Å²) in [5.74, 6) is 0.364. The number of aryl methyl sites for hydroxylation is 1. The van der Waals surface area contributed by atoms with Crippen molar-refractivity contribution >= 4 is 5.91 Å². The lowest BCUT2D eigenvalue weighted by Gasteiger charge is -2.26. The largest absolute Gasteiger partial charge is 0.352 e. The maximum Gasteiger partial charge on any atom is 0.224 e. The Kier molecular flexibility index (Phi) is 3.47. The van der Waals surface area contributed by atoms with E-state index in [0.29, 0.717) is 0 Å². The van der Waals surface area contributed by atoms with Crippen LogP contribution in [0, 0.1) is 5.92 Å². The highest BCUT2D eigenvalue weighted by Gasteiger charge is 2.60. The Balaban J connectivity index is 1.44. The number of fused-ring (bicyclic) bond motifs is 2. The first-order valence-electron chi connectivity index (χ1n) is 8.53. The number of amides is 1. The molecule has 0 bridgehead atoms. The van der Waals surface area contributed by atoms with E-state index in [1.807, 2.05) is 10.8 Å². The van der Waals surface area contributed by atoms with Crippen LogP contribution in [-0.4, -0.2) is 21.5 Å². The van der Waals surface area contributed by atoms with Gasteiger partial charge in [0.05, 0.1) is 6.33 Å². The molecule has 1 spiro atoms. The molecule has 0 saturated heterocycles. The van der Waals surface area contributed by atoms with Crippen LogP contribution in [0.2, 0.25) is 0 Å². The van der Waals surface area contributed by atoms with Crippen LogP contribution in [0.3, 0.4) is 0 Å². The molecule has 1 aromatic heterocycles. The number of benzene rings is 1. The van der Waals surface area contributed by atoms with Crippen molar-refractivity contribution in [3.05, 3.63) is 54.1 Å². The Bertz CT molecular complexity index is 709. The molecule has 4 heteroatoms. The third kappa shape index (κ3) is 2.56. The summed E-state index contributed by atoms with van der Waals surface area (Å²) < 4.78 is 2.00. The van der Waals surface area contributed by atoms with Crippen molar-refractivity contribution in [2.24, 2.45) is 5.92 Å². The lowest BCUT2D eigenvalue weighted by atomic mass is 9.78. The first-order chi connectivity index (χ1) is 11.2. The van der Waals surface area contributed by atoms with Gasteiger partial charge in [0.25, 0.3) is 0 Å². The lowest BCUT2D eigenvalue weighted by Crippen LogP contribution is -2.38. The summed E-state index contributed by atoms with van der Waals surface area (Å²) in [6.07, 6.45) is 10.0. The molecule has 0 aliphatic heterocycles. The van der Waals surface area contributed by atoms with Gasteiger partial charge in [-0.25, -0.2) is 4.98 Å². The van der Waals surface area contributed by atoms with E-state index in [4.69, 9.17) is 0 Å². The summed E-state index contributed by atoms with van der Waals surface area (Å²) >= 11 is 0. The van der Waals surface area contributed by atoms with Gasteiger partial charge in [-0.05, 0) is 43.7 Å². The van der Waals surface area contributed by atoms with Gasteiger partial charge in [0.2, 0.25) is 5.91 Å². The van der Waals surface area contributed by atoms with Crippen LogP contribution < -0.4 is 5.32 Å². The van der Waals surface area contributed by atoms with Gasteiger partial charge in [-0.1, -0.05) is 24.3 Å². The van der Waals surface area contributed by atoms with E-state index in [1.54, 1.807) is 12.5 Å². The van der Waals surface area contributed by atoms with Gasteiger partial charge >= 0.3 is 0 Å². The number of aromatic nitrogens is 2. The standard InChI is InChI=1S/C19H23N3O/c1-14(12-22-10-9-20-13-22)21-18(23)17-11-19(17)8-4-6-15-5-2-3-7-16(15)19/h2-3,5,7,9-10,13-14,17H,4,6,8,11-12H2,1H3,(H,21,23)/t14-,17-,19-/m1/s1. The van der Waals surface area contributed by atoms with Gasteiger partial charge in [0.1, 0.15) is 0 Å². The number of hydrogen-bond donors (Lipinski definition) is 1.